The van der Waals surface area contributed by atoms with Crippen LogP contribution in [-0.2, 0) is 14.3 Å². The number of ether oxygens (including phenoxy) is 1. The van der Waals surface area contributed by atoms with Gasteiger partial charge in [-0.2, -0.15) is 0 Å². The van der Waals surface area contributed by atoms with Crippen molar-refractivity contribution in [3.63, 3.8) is 0 Å². The quantitative estimate of drug-likeness (QED) is 0.296. The smallest absolute Gasteiger partial charge is 0.278 e. The highest BCUT2D eigenvalue weighted by molar-refractivity contribution is 8.04. The number of thioether (sulfide) groups is 1. The third-order valence-electron chi connectivity index (χ3n) is 5.03. The summed E-state index contributed by atoms with van der Waals surface area (Å²) < 4.78 is 18.4. The second-order valence-electron chi connectivity index (χ2n) is 7.51. The third kappa shape index (κ3) is 5.97. The fraction of sp³-hybridized carbons (Fsp3) is 0.160. The minimum atomic E-state index is -0.458. The van der Waals surface area contributed by atoms with Crippen molar-refractivity contribution in [1.82, 2.24) is 4.90 Å². The zero-order valence-electron chi connectivity index (χ0n) is 18.7. The number of anilines is 2. The van der Waals surface area contributed by atoms with Gasteiger partial charge in [0.05, 0.1) is 4.88 Å². The maximum absolute atomic E-state index is 13.3. The van der Waals surface area contributed by atoms with Crippen LogP contribution in [0.5, 0.6) is 0 Å². The minimum absolute atomic E-state index is 0.122. The molecule has 3 aromatic rings. The van der Waals surface area contributed by atoms with Crippen LogP contribution in [0.3, 0.4) is 0 Å². The number of nitrogens with zero attached hydrogens (tertiary/aromatic N) is 1. The first-order valence-electron chi connectivity index (χ1n) is 10.7. The van der Waals surface area contributed by atoms with E-state index in [1.54, 1.807) is 43.5 Å². The maximum Gasteiger partial charge on any atom is 0.278 e. The molecule has 1 aromatic heterocycles. The van der Waals surface area contributed by atoms with E-state index in [0.717, 1.165) is 11.8 Å². The number of carbonyl (C=O) groups excluding carboxylic acids is 3. The van der Waals surface area contributed by atoms with Crippen LogP contribution in [0.1, 0.15) is 16.1 Å². The standard InChI is InChI=1S/C25H22FN3O4S2/c1-33-13-4-12-29-24(31)21(27-17-10-8-16(26)9-11-17)22(25(29)32)35-19-6-2-5-18(15-19)28-23(30)20-7-3-14-34-20/h2-3,5-11,14-15,27H,4,12-13H2,1H3,(H,28,30). The number of carbonyl (C=O) groups is 3. The average Bonchev–Trinajstić information content (AvgIpc) is 3.46. The highest BCUT2D eigenvalue weighted by Gasteiger charge is 2.38. The number of methoxy groups -OCH3 is 1. The molecule has 2 N–H and O–H groups in total. The molecule has 0 saturated heterocycles. The van der Waals surface area contributed by atoms with E-state index in [1.165, 1.54) is 40.5 Å². The van der Waals surface area contributed by atoms with Crippen molar-refractivity contribution in [1.29, 1.82) is 0 Å². The molecule has 4 rings (SSSR count). The summed E-state index contributed by atoms with van der Waals surface area (Å²) in [6.07, 6.45) is 0.500. The highest BCUT2D eigenvalue weighted by atomic mass is 32.2. The van der Waals surface area contributed by atoms with Gasteiger partial charge in [-0.3, -0.25) is 19.3 Å². The fourth-order valence-corrected chi connectivity index (χ4v) is 4.99. The summed E-state index contributed by atoms with van der Waals surface area (Å²) in [5, 5.41) is 7.65. The van der Waals surface area contributed by atoms with Crippen LogP contribution in [0.2, 0.25) is 0 Å². The summed E-state index contributed by atoms with van der Waals surface area (Å²) in [6, 6.07) is 16.1. The van der Waals surface area contributed by atoms with E-state index in [4.69, 9.17) is 4.74 Å². The number of halogens is 1. The van der Waals surface area contributed by atoms with Gasteiger partial charge in [0.15, 0.2) is 0 Å². The molecule has 0 aliphatic carbocycles. The van der Waals surface area contributed by atoms with E-state index in [9.17, 15) is 18.8 Å². The van der Waals surface area contributed by atoms with Crippen LogP contribution in [0, 0.1) is 5.82 Å². The predicted molar refractivity (Wildman–Crippen MR) is 135 cm³/mol. The van der Waals surface area contributed by atoms with E-state index in [-0.39, 0.29) is 23.1 Å². The topological polar surface area (TPSA) is 87.7 Å². The number of imide groups is 1. The van der Waals surface area contributed by atoms with Crippen molar-refractivity contribution < 1.29 is 23.5 Å². The summed E-state index contributed by atoms with van der Waals surface area (Å²) in [5.41, 5.74) is 1.17. The van der Waals surface area contributed by atoms with Crippen LogP contribution in [0.15, 0.2) is 81.5 Å². The molecule has 1 aliphatic heterocycles. The van der Waals surface area contributed by atoms with Gasteiger partial charge < -0.3 is 15.4 Å². The van der Waals surface area contributed by atoms with Gasteiger partial charge >= 0.3 is 0 Å². The summed E-state index contributed by atoms with van der Waals surface area (Å²) >= 11 is 2.46. The zero-order valence-corrected chi connectivity index (χ0v) is 20.4. The zero-order chi connectivity index (χ0) is 24.8. The molecule has 0 saturated carbocycles. The number of benzene rings is 2. The minimum Gasteiger partial charge on any atom is -0.385 e. The first-order chi connectivity index (χ1) is 17.0. The molecule has 10 heteroatoms. The van der Waals surface area contributed by atoms with Crippen molar-refractivity contribution in [2.24, 2.45) is 0 Å². The van der Waals surface area contributed by atoms with E-state index in [1.807, 2.05) is 5.38 Å². The Morgan fingerprint density at radius 3 is 2.57 bits per heavy atom. The van der Waals surface area contributed by atoms with Crippen molar-refractivity contribution in [2.75, 3.05) is 30.9 Å². The van der Waals surface area contributed by atoms with Gasteiger partial charge in [-0.15, -0.1) is 11.3 Å². The fourth-order valence-electron chi connectivity index (χ4n) is 3.36. The van der Waals surface area contributed by atoms with Crippen molar-refractivity contribution in [3.8, 4) is 0 Å². The third-order valence-corrected chi connectivity index (χ3v) is 6.97. The highest BCUT2D eigenvalue weighted by Crippen LogP contribution is 2.37. The van der Waals surface area contributed by atoms with Gasteiger partial charge in [0.2, 0.25) is 0 Å². The van der Waals surface area contributed by atoms with Gasteiger partial charge in [-0.05, 0) is 60.3 Å². The molecule has 180 valence electrons. The maximum atomic E-state index is 13.3. The Balaban J connectivity index is 1.58. The molecular formula is C25H22FN3O4S2. The van der Waals surface area contributed by atoms with Gasteiger partial charge in [0.1, 0.15) is 16.4 Å². The second kappa shape index (κ2) is 11.3. The number of amides is 3. The molecule has 0 spiro atoms. The Labute approximate surface area is 210 Å². The monoisotopic (exact) mass is 511 g/mol. The van der Waals surface area contributed by atoms with Crippen molar-refractivity contribution in [2.45, 2.75) is 11.3 Å². The van der Waals surface area contributed by atoms with E-state index in [2.05, 4.69) is 10.6 Å². The summed E-state index contributed by atoms with van der Waals surface area (Å²) in [5.74, 6) is -1.51. The van der Waals surface area contributed by atoms with E-state index in [0.29, 0.717) is 34.2 Å². The van der Waals surface area contributed by atoms with E-state index >= 15 is 0 Å². The lowest BCUT2D eigenvalue weighted by atomic mass is 10.3. The molecule has 1 aliphatic rings. The van der Waals surface area contributed by atoms with Crippen LogP contribution in [0.25, 0.3) is 0 Å². The van der Waals surface area contributed by atoms with Crippen LogP contribution in [-0.4, -0.2) is 42.9 Å². The normalized spacial score (nSPS) is 13.5. The van der Waals surface area contributed by atoms with Gasteiger partial charge in [0.25, 0.3) is 17.7 Å². The Hall–Kier alpha value is -3.47. The molecule has 2 heterocycles. The lowest BCUT2D eigenvalue weighted by molar-refractivity contribution is -0.137. The molecule has 0 unspecified atom stereocenters. The van der Waals surface area contributed by atoms with Crippen LogP contribution >= 0.6 is 23.1 Å². The number of thiophene rings is 1. The summed E-state index contributed by atoms with van der Waals surface area (Å²) in [6.45, 7) is 0.618. The molecule has 7 nitrogen and oxygen atoms in total. The molecule has 0 bridgehead atoms. The summed E-state index contributed by atoms with van der Waals surface area (Å²) in [7, 11) is 1.55. The number of rotatable bonds is 10. The molecule has 0 fully saturated rings. The first kappa shape index (κ1) is 24.6. The van der Waals surface area contributed by atoms with Gasteiger partial charge in [-0.25, -0.2) is 4.39 Å². The number of nitrogens with one attached hydrogen (secondary N) is 2. The number of hydrogen-bond acceptors (Lipinski definition) is 7. The van der Waals surface area contributed by atoms with Crippen molar-refractivity contribution >= 4 is 52.2 Å². The van der Waals surface area contributed by atoms with E-state index < -0.39 is 17.6 Å². The average molecular weight is 512 g/mol. The molecule has 35 heavy (non-hydrogen) atoms. The summed E-state index contributed by atoms with van der Waals surface area (Å²) in [4.78, 5) is 41.4. The van der Waals surface area contributed by atoms with Crippen LogP contribution in [0.4, 0.5) is 15.8 Å². The Morgan fingerprint density at radius 2 is 1.86 bits per heavy atom. The SMILES string of the molecule is COCCCN1C(=O)C(Nc2ccc(F)cc2)=C(Sc2cccc(NC(=O)c3cccs3)c2)C1=O. The van der Waals surface area contributed by atoms with Crippen molar-refractivity contribution in [3.05, 3.63) is 87.3 Å². The Kier molecular flexibility index (Phi) is 7.96. The Morgan fingerprint density at radius 1 is 1.06 bits per heavy atom. The molecular weight excluding hydrogens is 489 g/mol. The van der Waals surface area contributed by atoms with Gasteiger partial charge in [0, 0.05) is 36.5 Å². The second-order valence-corrected chi connectivity index (χ2v) is 9.54. The Bertz CT molecular complexity index is 1260. The lowest BCUT2D eigenvalue weighted by Crippen LogP contribution is -2.33. The number of hydrogen-bond donors (Lipinski definition) is 2. The predicted octanol–water partition coefficient (Wildman–Crippen LogP) is 4.96. The molecule has 0 atom stereocenters. The molecule has 3 amide bonds. The van der Waals surface area contributed by atoms with Crippen LogP contribution < -0.4 is 10.6 Å². The lowest BCUT2D eigenvalue weighted by Gasteiger charge is -2.14. The molecule has 0 radical (unpaired) electrons. The largest absolute Gasteiger partial charge is 0.385 e. The first-order valence-corrected chi connectivity index (χ1v) is 12.4. The van der Waals surface area contributed by atoms with Gasteiger partial charge in [-0.1, -0.05) is 23.9 Å². The molecule has 2 aromatic carbocycles.